The summed E-state index contributed by atoms with van der Waals surface area (Å²) in [4.78, 5) is 16.0. The zero-order valence-corrected chi connectivity index (χ0v) is 15.8. The lowest BCUT2D eigenvalue weighted by molar-refractivity contribution is -0.127. The van der Waals surface area contributed by atoms with Gasteiger partial charge >= 0.3 is 0 Å². The fourth-order valence-electron chi connectivity index (χ4n) is 3.08. The van der Waals surface area contributed by atoms with Crippen molar-refractivity contribution < 1.29 is 4.79 Å². The van der Waals surface area contributed by atoms with Crippen molar-refractivity contribution in [3.05, 3.63) is 34.9 Å². The molecule has 0 aliphatic heterocycles. The van der Waals surface area contributed by atoms with E-state index in [4.69, 9.17) is 0 Å². The third-order valence-corrected chi connectivity index (χ3v) is 4.63. The van der Waals surface area contributed by atoms with Gasteiger partial charge in [-0.1, -0.05) is 35.7 Å². The predicted molar refractivity (Wildman–Crippen MR) is 104 cm³/mol. The van der Waals surface area contributed by atoms with Crippen molar-refractivity contribution in [2.75, 3.05) is 26.7 Å². The normalized spacial score (nSPS) is 14.8. The van der Waals surface area contributed by atoms with Gasteiger partial charge in [-0.2, -0.15) is 0 Å². The summed E-state index contributed by atoms with van der Waals surface area (Å²) in [6.45, 7) is 6.64. The number of hydrogen-bond donors (Lipinski definition) is 3. The van der Waals surface area contributed by atoms with Gasteiger partial charge in [0.1, 0.15) is 0 Å². The topological polar surface area (TPSA) is 65.5 Å². The average molecular weight is 345 g/mol. The van der Waals surface area contributed by atoms with Crippen LogP contribution < -0.4 is 16.0 Å². The second kappa shape index (κ2) is 10.1. The molecule has 1 amide bonds. The van der Waals surface area contributed by atoms with E-state index < -0.39 is 0 Å². The minimum Gasteiger partial charge on any atom is -0.356 e. The molecule has 0 heterocycles. The monoisotopic (exact) mass is 344 g/mol. The molecule has 1 fully saturated rings. The molecule has 1 aliphatic rings. The van der Waals surface area contributed by atoms with Gasteiger partial charge in [0.15, 0.2) is 5.96 Å². The number of benzene rings is 1. The van der Waals surface area contributed by atoms with Crippen molar-refractivity contribution in [3.8, 4) is 0 Å². The van der Waals surface area contributed by atoms with Crippen LogP contribution in [0, 0.1) is 19.8 Å². The Kier molecular flexibility index (Phi) is 7.76. The van der Waals surface area contributed by atoms with E-state index in [1.807, 2.05) is 0 Å². The maximum Gasteiger partial charge on any atom is 0.223 e. The molecular formula is C20H32N4O. The summed E-state index contributed by atoms with van der Waals surface area (Å²) >= 11 is 0. The van der Waals surface area contributed by atoms with E-state index in [2.05, 4.69) is 53.0 Å². The van der Waals surface area contributed by atoms with Crippen molar-refractivity contribution >= 4 is 11.9 Å². The second-order valence-electron chi connectivity index (χ2n) is 6.94. The molecule has 0 saturated heterocycles. The molecule has 25 heavy (non-hydrogen) atoms. The van der Waals surface area contributed by atoms with Gasteiger partial charge in [0, 0.05) is 32.6 Å². The van der Waals surface area contributed by atoms with E-state index in [1.54, 1.807) is 7.05 Å². The van der Waals surface area contributed by atoms with E-state index >= 15 is 0 Å². The molecule has 138 valence electrons. The molecule has 1 aromatic rings. The first-order valence-corrected chi connectivity index (χ1v) is 9.38. The molecule has 2 rings (SSSR count). The number of rotatable bonds is 8. The molecule has 1 saturated carbocycles. The second-order valence-corrected chi connectivity index (χ2v) is 6.94. The number of guanidine groups is 1. The first-order valence-electron chi connectivity index (χ1n) is 9.38. The molecular weight excluding hydrogens is 312 g/mol. The molecule has 5 heteroatoms. The first-order chi connectivity index (χ1) is 12.1. The van der Waals surface area contributed by atoms with Gasteiger partial charge < -0.3 is 16.0 Å². The quantitative estimate of drug-likeness (QED) is 0.385. The molecule has 5 nitrogen and oxygen atoms in total. The zero-order chi connectivity index (χ0) is 18.1. The van der Waals surface area contributed by atoms with Gasteiger partial charge in [0.2, 0.25) is 5.91 Å². The van der Waals surface area contributed by atoms with Gasteiger partial charge in [-0.3, -0.25) is 9.79 Å². The highest BCUT2D eigenvalue weighted by molar-refractivity contribution is 5.80. The summed E-state index contributed by atoms with van der Waals surface area (Å²) in [6.07, 6.45) is 5.18. The van der Waals surface area contributed by atoms with Crippen molar-refractivity contribution in [2.45, 2.75) is 46.0 Å². The van der Waals surface area contributed by atoms with Crippen LogP contribution in [0.15, 0.2) is 23.2 Å². The maximum atomic E-state index is 11.7. The van der Waals surface area contributed by atoms with Crippen molar-refractivity contribution in [1.29, 1.82) is 0 Å². The van der Waals surface area contributed by atoms with Gasteiger partial charge in [-0.15, -0.1) is 0 Å². The lowest BCUT2D eigenvalue weighted by Crippen LogP contribution is -2.40. The Bertz CT molecular complexity index is 573. The molecule has 0 aromatic heterocycles. The fourth-order valence-corrected chi connectivity index (χ4v) is 3.08. The Balaban J connectivity index is 1.58. The largest absolute Gasteiger partial charge is 0.356 e. The molecule has 0 spiro atoms. The summed E-state index contributed by atoms with van der Waals surface area (Å²) in [7, 11) is 1.78. The van der Waals surface area contributed by atoms with Crippen molar-refractivity contribution in [3.63, 3.8) is 0 Å². The number of carbonyl (C=O) groups excluding carboxylic acids is 1. The first kappa shape index (κ1) is 19.3. The molecule has 1 aliphatic carbocycles. The number of aliphatic imine (C=N–C) groups is 1. The lowest BCUT2D eigenvalue weighted by atomic mass is 9.85. The number of carbonyl (C=O) groups is 1. The lowest BCUT2D eigenvalue weighted by Gasteiger charge is -2.24. The molecule has 0 bridgehead atoms. The van der Waals surface area contributed by atoms with Crippen LogP contribution in [0.2, 0.25) is 0 Å². The summed E-state index contributed by atoms with van der Waals surface area (Å²) in [5.41, 5.74) is 3.96. The SMILES string of the molecule is CN=C(NCCCNC(=O)C1CCC1)NCCc1cc(C)cc(C)c1. The number of hydrogen-bond acceptors (Lipinski definition) is 2. The Morgan fingerprint density at radius 3 is 2.28 bits per heavy atom. The smallest absolute Gasteiger partial charge is 0.223 e. The van der Waals surface area contributed by atoms with E-state index in [0.29, 0.717) is 0 Å². The van der Waals surface area contributed by atoms with Crippen molar-refractivity contribution in [2.24, 2.45) is 10.9 Å². The zero-order valence-electron chi connectivity index (χ0n) is 15.8. The number of nitrogens with one attached hydrogen (secondary N) is 3. The minimum atomic E-state index is 0.224. The van der Waals surface area contributed by atoms with E-state index in [0.717, 1.165) is 51.3 Å². The third kappa shape index (κ3) is 6.77. The van der Waals surface area contributed by atoms with Crippen LogP contribution >= 0.6 is 0 Å². The summed E-state index contributed by atoms with van der Waals surface area (Å²) < 4.78 is 0. The molecule has 0 atom stereocenters. The highest BCUT2D eigenvalue weighted by Gasteiger charge is 2.24. The van der Waals surface area contributed by atoms with E-state index in [1.165, 1.54) is 23.1 Å². The number of amides is 1. The highest BCUT2D eigenvalue weighted by atomic mass is 16.1. The van der Waals surface area contributed by atoms with Crippen LogP contribution in [0.4, 0.5) is 0 Å². The van der Waals surface area contributed by atoms with Crippen LogP contribution in [0.1, 0.15) is 42.4 Å². The number of nitrogens with zero attached hydrogens (tertiary/aromatic N) is 1. The summed E-state index contributed by atoms with van der Waals surface area (Å²) in [6, 6.07) is 6.66. The summed E-state index contributed by atoms with van der Waals surface area (Å²) in [5, 5.41) is 9.65. The Morgan fingerprint density at radius 2 is 1.68 bits per heavy atom. The van der Waals surface area contributed by atoms with Crippen LogP contribution in [0.5, 0.6) is 0 Å². The predicted octanol–water partition coefficient (Wildman–Crippen LogP) is 2.32. The fraction of sp³-hybridized carbons (Fsp3) is 0.600. The Hall–Kier alpha value is -2.04. The third-order valence-electron chi connectivity index (χ3n) is 4.63. The van der Waals surface area contributed by atoms with E-state index in [-0.39, 0.29) is 11.8 Å². The van der Waals surface area contributed by atoms with Gasteiger partial charge in [0.05, 0.1) is 0 Å². The van der Waals surface area contributed by atoms with Crippen LogP contribution in [0.3, 0.4) is 0 Å². The van der Waals surface area contributed by atoms with Crippen LogP contribution in [0.25, 0.3) is 0 Å². The van der Waals surface area contributed by atoms with Gasteiger partial charge in [-0.25, -0.2) is 0 Å². The summed E-state index contributed by atoms with van der Waals surface area (Å²) in [5.74, 6) is 1.31. The molecule has 3 N–H and O–H groups in total. The van der Waals surface area contributed by atoms with Crippen LogP contribution in [-0.2, 0) is 11.2 Å². The highest BCUT2D eigenvalue weighted by Crippen LogP contribution is 2.25. The van der Waals surface area contributed by atoms with Crippen molar-refractivity contribution in [1.82, 2.24) is 16.0 Å². The number of aryl methyl sites for hydroxylation is 2. The van der Waals surface area contributed by atoms with Crippen LogP contribution in [-0.4, -0.2) is 38.5 Å². The molecule has 0 unspecified atom stereocenters. The maximum absolute atomic E-state index is 11.7. The average Bonchev–Trinajstić information content (AvgIpc) is 2.50. The van der Waals surface area contributed by atoms with Gasteiger partial charge in [0.25, 0.3) is 0 Å². The van der Waals surface area contributed by atoms with E-state index in [9.17, 15) is 4.79 Å². The Morgan fingerprint density at radius 1 is 1.04 bits per heavy atom. The van der Waals surface area contributed by atoms with Gasteiger partial charge in [-0.05, 0) is 45.1 Å². The minimum absolute atomic E-state index is 0.224. The molecule has 0 radical (unpaired) electrons. The standard InChI is InChI=1S/C20H32N4O/c1-15-12-16(2)14-17(13-15)8-11-24-20(21-3)23-10-5-9-22-19(25)18-6-4-7-18/h12-14,18H,4-11H2,1-3H3,(H,22,25)(H2,21,23,24). The Labute approximate surface area is 151 Å². The molecule has 1 aromatic carbocycles.